The second-order valence-electron chi connectivity index (χ2n) is 18.3. The number of carbonyl (C=O) groups excluding carboxylic acids is 3. The number of carbonyl (C=O) groups is 3. The minimum absolute atomic E-state index is 0.0359. The van der Waals surface area contributed by atoms with Gasteiger partial charge < -0.3 is 29.5 Å². The predicted molar refractivity (Wildman–Crippen MR) is 188 cm³/mol. The summed E-state index contributed by atoms with van der Waals surface area (Å²) < 4.78 is 12.8. The van der Waals surface area contributed by atoms with E-state index in [1.807, 2.05) is 0 Å². The van der Waals surface area contributed by atoms with E-state index >= 15 is 0 Å². The zero-order valence-corrected chi connectivity index (χ0v) is 30.6. The molecule has 4 saturated heterocycles. The van der Waals surface area contributed by atoms with Crippen molar-refractivity contribution in [3.63, 3.8) is 0 Å². The topological polar surface area (TPSA) is 123 Å². The number of aliphatic hydroxyl groups is 2. The number of piperazine rings is 2. The summed E-state index contributed by atoms with van der Waals surface area (Å²) in [5.41, 5.74) is -2.72. The quantitative estimate of drug-likeness (QED) is 0.328. The van der Waals surface area contributed by atoms with E-state index in [0.717, 1.165) is 82.8 Å². The number of Topliss-reactive ketones (excluding diaryl/α,β-unsaturated/α-hetero) is 1. The van der Waals surface area contributed by atoms with Crippen LogP contribution in [0.15, 0.2) is 24.3 Å². The van der Waals surface area contributed by atoms with Crippen LogP contribution in [0.4, 0.5) is 0 Å². The van der Waals surface area contributed by atoms with E-state index in [-0.39, 0.29) is 72.5 Å². The first-order valence-electron chi connectivity index (χ1n) is 19.9. The Kier molecular flexibility index (Phi) is 8.27. The largest absolute Gasteiger partial charge is 0.461 e. The summed E-state index contributed by atoms with van der Waals surface area (Å²) in [5.74, 6) is -2.69. The lowest BCUT2D eigenvalue weighted by molar-refractivity contribution is -0.205. The molecule has 11 heteroatoms. The number of likely N-dealkylation sites (N-methyl/N-ethyl adjacent to an activating group) is 2. The standard InChI is InChI=1S/C40H58N4O7/c1-23-5-7-25-29(21-43-15-11-41(3)12-16-43)36(46)50-34(25)32-27(23)19-31(45)38(32)9-10-39(48)33-28(20-40(38,39)49)24(2)6-8-26-30(37(47)51-35(26)33)22-44-17-13-42(4)14-18-44/h25-30,32-35,48-49H,1-2,5-22H2,3-4H3/t25-,26-,27-,28-,29?,30?,32-,33-,34-,35-,38+,39-,40-/m0/s1. The lowest BCUT2D eigenvalue weighted by Crippen LogP contribution is -2.63. The van der Waals surface area contributed by atoms with Gasteiger partial charge in [-0.1, -0.05) is 24.3 Å². The van der Waals surface area contributed by atoms with Crippen molar-refractivity contribution in [2.75, 3.05) is 79.5 Å². The molecule has 4 heterocycles. The van der Waals surface area contributed by atoms with Crippen LogP contribution in [-0.2, 0) is 23.9 Å². The molecule has 0 aromatic carbocycles. The molecule has 51 heavy (non-hydrogen) atoms. The van der Waals surface area contributed by atoms with Crippen LogP contribution in [0, 0.1) is 52.8 Å². The van der Waals surface area contributed by atoms with Crippen molar-refractivity contribution in [1.82, 2.24) is 19.6 Å². The van der Waals surface area contributed by atoms with Crippen molar-refractivity contribution in [1.29, 1.82) is 0 Å². The molecule has 13 atom stereocenters. The molecular formula is C40H58N4O7. The number of hydrogen-bond acceptors (Lipinski definition) is 11. The summed E-state index contributed by atoms with van der Waals surface area (Å²) in [7, 11) is 4.24. The Balaban J connectivity index is 1.05. The molecule has 2 unspecified atom stereocenters. The molecule has 5 saturated carbocycles. The van der Waals surface area contributed by atoms with Crippen molar-refractivity contribution in [3.8, 4) is 0 Å². The molecule has 1 spiro atoms. The molecule has 11 nitrogen and oxygen atoms in total. The van der Waals surface area contributed by atoms with Crippen LogP contribution >= 0.6 is 0 Å². The van der Waals surface area contributed by atoms with Crippen LogP contribution in [0.3, 0.4) is 0 Å². The Morgan fingerprint density at radius 1 is 0.706 bits per heavy atom. The minimum atomic E-state index is -1.77. The van der Waals surface area contributed by atoms with E-state index in [1.54, 1.807) is 0 Å². The van der Waals surface area contributed by atoms with E-state index in [4.69, 9.17) is 9.47 Å². The van der Waals surface area contributed by atoms with Gasteiger partial charge in [0.15, 0.2) is 0 Å². The van der Waals surface area contributed by atoms with Gasteiger partial charge in [0.1, 0.15) is 29.2 Å². The first-order chi connectivity index (χ1) is 24.4. The highest BCUT2D eigenvalue weighted by molar-refractivity contribution is 5.91. The maximum atomic E-state index is 14.8. The van der Waals surface area contributed by atoms with E-state index < -0.39 is 40.7 Å². The molecule has 0 aromatic rings. The van der Waals surface area contributed by atoms with Crippen molar-refractivity contribution in [3.05, 3.63) is 24.3 Å². The molecule has 9 rings (SSSR count). The summed E-state index contributed by atoms with van der Waals surface area (Å²) in [5, 5.41) is 26.6. The first kappa shape index (κ1) is 34.6. The second kappa shape index (κ2) is 12.2. The van der Waals surface area contributed by atoms with Gasteiger partial charge >= 0.3 is 11.9 Å². The summed E-state index contributed by atoms with van der Waals surface area (Å²) in [6.07, 6.45) is 2.89. The van der Waals surface area contributed by atoms with Gasteiger partial charge in [0.25, 0.3) is 0 Å². The number of fused-ring (bicyclic) bond motifs is 10. The lowest BCUT2D eigenvalue weighted by atomic mass is 9.59. The lowest BCUT2D eigenvalue weighted by Gasteiger charge is -2.48. The minimum Gasteiger partial charge on any atom is -0.461 e. The monoisotopic (exact) mass is 706 g/mol. The Morgan fingerprint density at radius 3 is 1.73 bits per heavy atom. The molecular weight excluding hydrogens is 648 g/mol. The third kappa shape index (κ3) is 4.86. The fourth-order valence-electron chi connectivity index (χ4n) is 13.4. The smallest absolute Gasteiger partial charge is 0.310 e. The summed E-state index contributed by atoms with van der Waals surface area (Å²) in [6, 6.07) is 0. The van der Waals surface area contributed by atoms with Crippen molar-refractivity contribution >= 4 is 17.7 Å². The summed E-state index contributed by atoms with van der Waals surface area (Å²) >= 11 is 0. The normalized spacial score (nSPS) is 49.3. The van der Waals surface area contributed by atoms with Gasteiger partial charge in [0.2, 0.25) is 0 Å². The Bertz CT molecular complexity index is 1500. The second-order valence-corrected chi connectivity index (χ2v) is 18.3. The molecule has 2 N–H and O–H groups in total. The molecule has 0 aromatic heterocycles. The molecule has 5 aliphatic carbocycles. The molecule has 0 radical (unpaired) electrons. The average molecular weight is 707 g/mol. The van der Waals surface area contributed by atoms with Gasteiger partial charge in [-0.2, -0.15) is 0 Å². The van der Waals surface area contributed by atoms with Gasteiger partial charge in [-0.05, 0) is 70.9 Å². The third-order valence-electron chi connectivity index (χ3n) is 16.2. The molecule has 280 valence electrons. The van der Waals surface area contributed by atoms with Gasteiger partial charge in [0.05, 0.1) is 17.3 Å². The number of ketones is 1. The van der Waals surface area contributed by atoms with Crippen LogP contribution < -0.4 is 0 Å². The predicted octanol–water partition coefficient (Wildman–Crippen LogP) is 1.58. The Morgan fingerprint density at radius 2 is 1.20 bits per heavy atom. The zero-order valence-electron chi connectivity index (χ0n) is 30.6. The average Bonchev–Trinajstić information content (AvgIpc) is 3.76. The molecule has 0 amide bonds. The van der Waals surface area contributed by atoms with Gasteiger partial charge in [-0.3, -0.25) is 24.2 Å². The van der Waals surface area contributed by atoms with E-state index in [2.05, 4.69) is 46.9 Å². The highest BCUT2D eigenvalue weighted by atomic mass is 16.6. The number of esters is 2. The van der Waals surface area contributed by atoms with Crippen molar-refractivity contribution in [2.45, 2.75) is 74.8 Å². The summed E-state index contributed by atoms with van der Waals surface area (Å²) in [6.45, 7) is 17.8. The third-order valence-corrected chi connectivity index (χ3v) is 16.2. The van der Waals surface area contributed by atoms with Gasteiger partial charge in [-0.25, -0.2) is 0 Å². The number of rotatable bonds is 4. The van der Waals surface area contributed by atoms with E-state index in [1.165, 1.54) is 0 Å². The van der Waals surface area contributed by atoms with E-state index in [9.17, 15) is 24.6 Å². The highest BCUT2D eigenvalue weighted by Crippen LogP contribution is 2.74. The summed E-state index contributed by atoms with van der Waals surface area (Å²) in [4.78, 5) is 51.6. The van der Waals surface area contributed by atoms with Crippen LogP contribution in [-0.4, -0.2) is 150 Å². The van der Waals surface area contributed by atoms with Crippen LogP contribution in [0.2, 0.25) is 0 Å². The molecule has 4 aliphatic heterocycles. The maximum absolute atomic E-state index is 14.8. The fourth-order valence-corrected chi connectivity index (χ4v) is 13.4. The number of ether oxygens (including phenoxy) is 2. The number of allylic oxidation sites excluding steroid dienone is 2. The zero-order chi connectivity index (χ0) is 35.6. The maximum Gasteiger partial charge on any atom is 0.310 e. The van der Waals surface area contributed by atoms with E-state index in [0.29, 0.717) is 25.9 Å². The fraction of sp³-hybridized carbons (Fsp3) is 0.825. The number of hydrogen-bond donors (Lipinski definition) is 2. The van der Waals surface area contributed by atoms with Crippen LogP contribution in [0.1, 0.15) is 51.4 Å². The van der Waals surface area contributed by atoms with Gasteiger partial charge in [-0.15, -0.1) is 0 Å². The Labute approximate surface area is 302 Å². The first-order valence-corrected chi connectivity index (χ1v) is 19.9. The van der Waals surface area contributed by atoms with Crippen molar-refractivity contribution in [2.24, 2.45) is 52.8 Å². The van der Waals surface area contributed by atoms with Crippen LogP contribution in [0.5, 0.6) is 0 Å². The molecule has 9 aliphatic rings. The van der Waals surface area contributed by atoms with Gasteiger partial charge in [0, 0.05) is 95.5 Å². The van der Waals surface area contributed by atoms with Crippen molar-refractivity contribution < 1.29 is 34.1 Å². The number of nitrogens with zero attached hydrogens (tertiary/aromatic N) is 4. The van der Waals surface area contributed by atoms with Crippen LogP contribution in [0.25, 0.3) is 0 Å². The Hall–Kier alpha value is -2.15. The molecule has 9 fully saturated rings. The highest BCUT2D eigenvalue weighted by Gasteiger charge is 2.83. The molecule has 0 bridgehead atoms. The SMILES string of the molecule is C=C1CC[C@H]2C(CN3CCN(C)CC3)C(=O)O[C@@H]2[C@@H]2[C@H]1C[C@@]1(O)[C@]2(O)CC[C@]12C(=O)C[C@H]1C(=C)CC[C@H]3C(CN4CCN(C)CC4)C(=O)O[C@@H]3[C@H]12.